The minimum Gasteiger partial charge on any atom is -0.322 e. The van der Waals surface area contributed by atoms with Crippen LogP contribution in [0.15, 0.2) is 53.4 Å². The second kappa shape index (κ2) is 6.80. The summed E-state index contributed by atoms with van der Waals surface area (Å²) in [5, 5.41) is 2.93. The molecule has 0 atom stereocenters. The number of amides is 2. The van der Waals surface area contributed by atoms with Gasteiger partial charge in [0.1, 0.15) is 0 Å². The van der Waals surface area contributed by atoms with Crippen LogP contribution in [0.2, 0.25) is 5.02 Å². The Hall–Kier alpha value is -2.38. The highest BCUT2D eigenvalue weighted by molar-refractivity contribution is 7.90. The van der Waals surface area contributed by atoms with E-state index >= 15 is 0 Å². The lowest BCUT2D eigenvalue weighted by molar-refractivity contribution is -0.117. The van der Waals surface area contributed by atoms with E-state index in [1.54, 1.807) is 24.3 Å². The summed E-state index contributed by atoms with van der Waals surface area (Å²) in [5.74, 6) is -1.09. The van der Waals surface area contributed by atoms with Gasteiger partial charge in [-0.05, 0) is 36.4 Å². The summed E-state index contributed by atoms with van der Waals surface area (Å²) in [7, 11) is -3.90. The predicted octanol–water partition coefficient (Wildman–Crippen LogP) is 2.42. The molecule has 2 N–H and O–H groups in total. The number of carbonyl (C=O) groups is 2. The van der Waals surface area contributed by atoms with Crippen molar-refractivity contribution in [2.45, 2.75) is 11.8 Å². The molecule has 0 unspecified atom stereocenters. The number of nitrogens with one attached hydrogen (secondary N) is 2. The van der Waals surface area contributed by atoms with Gasteiger partial charge in [-0.25, -0.2) is 13.1 Å². The fraction of sp³-hybridized carbons (Fsp3) is 0.0667. The van der Waals surface area contributed by atoms with Crippen LogP contribution < -0.4 is 10.0 Å². The van der Waals surface area contributed by atoms with E-state index in [0.717, 1.165) is 6.92 Å². The van der Waals surface area contributed by atoms with Crippen LogP contribution in [-0.2, 0) is 14.8 Å². The van der Waals surface area contributed by atoms with Gasteiger partial charge in [0, 0.05) is 12.6 Å². The topological polar surface area (TPSA) is 92.3 Å². The lowest BCUT2D eigenvalue weighted by Crippen LogP contribution is -2.28. The second-order valence-electron chi connectivity index (χ2n) is 4.62. The number of sulfonamides is 1. The van der Waals surface area contributed by atoms with E-state index in [1.165, 1.54) is 24.3 Å². The Labute approximate surface area is 138 Å². The molecule has 0 aromatic heterocycles. The van der Waals surface area contributed by atoms with Crippen LogP contribution >= 0.6 is 11.6 Å². The van der Waals surface area contributed by atoms with Crippen molar-refractivity contribution >= 4 is 39.1 Å². The van der Waals surface area contributed by atoms with Gasteiger partial charge in [-0.2, -0.15) is 0 Å². The molecule has 6 nitrogen and oxygen atoms in total. The maximum absolute atomic E-state index is 12.1. The molecule has 0 bridgehead atoms. The highest BCUT2D eigenvalue weighted by Gasteiger charge is 2.15. The molecule has 0 radical (unpaired) electrons. The van der Waals surface area contributed by atoms with Crippen LogP contribution in [0.4, 0.5) is 5.69 Å². The van der Waals surface area contributed by atoms with E-state index in [9.17, 15) is 18.0 Å². The van der Waals surface area contributed by atoms with E-state index in [1.807, 2.05) is 4.72 Å². The monoisotopic (exact) mass is 352 g/mol. The smallest absolute Gasteiger partial charge is 0.264 e. The Morgan fingerprint density at radius 1 is 1.00 bits per heavy atom. The van der Waals surface area contributed by atoms with Gasteiger partial charge in [0.25, 0.3) is 15.9 Å². The average Bonchev–Trinajstić information content (AvgIpc) is 2.47. The van der Waals surface area contributed by atoms with Gasteiger partial charge in [0.05, 0.1) is 15.5 Å². The summed E-state index contributed by atoms with van der Waals surface area (Å²) in [6.45, 7) is 1.11. The maximum atomic E-state index is 12.1. The van der Waals surface area contributed by atoms with Gasteiger partial charge in [-0.1, -0.05) is 23.7 Å². The van der Waals surface area contributed by atoms with Crippen LogP contribution in [0, 0.1) is 0 Å². The fourth-order valence-electron chi connectivity index (χ4n) is 1.81. The first-order valence-electron chi connectivity index (χ1n) is 6.49. The van der Waals surface area contributed by atoms with Gasteiger partial charge in [-0.15, -0.1) is 0 Å². The summed E-state index contributed by atoms with van der Waals surface area (Å²) in [5.41, 5.74) is 0.709. The number of hydrogen-bond acceptors (Lipinski definition) is 4. The molecular formula is C15H13ClN2O4S. The van der Waals surface area contributed by atoms with E-state index in [4.69, 9.17) is 11.6 Å². The molecule has 0 aliphatic carbocycles. The largest absolute Gasteiger partial charge is 0.322 e. The van der Waals surface area contributed by atoms with Crippen molar-refractivity contribution in [2.24, 2.45) is 0 Å². The Balaban J connectivity index is 2.16. The van der Waals surface area contributed by atoms with Gasteiger partial charge >= 0.3 is 0 Å². The molecule has 0 aliphatic heterocycles. The van der Waals surface area contributed by atoms with Gasteiger partial charge in [0.15, 0.2) is 0 Å². The summed E-state index contributed by atoms with van der Waals surface area (Å²) in [4.78, 5) is 22.9. The quantitative estimate of drug-likeness (QED) is 0.883. The lowest BCUT2D eigenvalue weighted by Gasteiger charge is -2.08. The summed E-state index contributed by atoms with van der Waals surface area (Å²) in [6, 6.07) is 12.0. The number of anilines is 1. The molecule has 0 fully saturated rings. The zero-order valence-corrected chi connectivity index (χ0v) is 13.6. The normalized spacial score (nSPS) is 10.9. The van der Waals surface area contributed by atoms with Gasteiger partial charge in [0.2, 0.25) is 5.91 Å². The van der Waals surface area contributed by atoms with Crippen LogP contribution in [0.25, 0.3) is 0 Å². The Morgan fingerprint density at radius 2 is 1.61 bits per heavy atom. The summed E-state index contributed by atoms with van der Waals surface area (Å²) < 4.78 is 25.5. The Kier molecular flexibility index (Phi) is 5.02. The first kappa shape index (κ1) is 17.0. The fourth-order valence-corrected chi connectivity index (χ4v) is 3.02. The number of benzene rings is 2. The SMILES string of the molecule is CC(=O)NS(=O)(=O)c1ccc(NC(=O)c2ccccc2Cl)cc1. The molecule has 8 heteroatoms. The molecular weight excluding hydrogens is 340 g/mol. The number of rotatable bonds is 4. The standard InChI is InChI=1S/C15H13ClN2O4S/c1-10(19)18-23(21,22)12-8-6-11(7-9-12)17-15(20)13-4-2-3-5-14(13)16/h2-9H,1H3,(H,17,20)(H,18,19). The highest BCUT2D eigenvalue weighted by Crippen LogP contribution is 2.18. The minimum atomic E-state index is -3.90. The summed E-state index contributed by atoms with van der Waals surface area (Å²) in [6.07, 6.45) is 0. The van der Waals surface area contributed by atoms with E-state index < -0.39 is 21.8 Å². The van der Waals surface area contributed by atoms with Crippen molar-refractivity contribution in [3.05, 3.63) is 59.1 Å². The molecule has 0 saturated heterocycles. The molecule has 0 spiro atoms. The zero-order chi connectivity index (χ0) is 17.0. The van der Waals surface area contributed by atoms with Crippen molar-refractivity contribution < 1.29 is 18.0 Å². The third kappa shape index (κ3) is 4.30. The van der Waals surface area contributed by atoms with E-state index in [2.05, 4.69) is 5.32 Å². The molecule has 0 heterocycles. The molecule has 2 amide bonds. The van der Waals surface area contributed by atoms with E-state index in [-0.39, 0.29) is 4.90 Å². The number of halogens is 1. The Morgan fingerprint density at radius 3 is 2.17 bits per heavy atom. The van der Waals surface area contributed by atoms with Crippen molar-refractivity contribution in [2.75, 3.05) is 5.32 Å². The van der Waals surface area contributed by atoms with Crippen LogP contribution in [0.1, 0.15) is 17.3 Å². The maximum Gasteiger partial charge on any atom is 0.264 e. The first-order chi connectivity index (χ1) is 10.8. The third-order valence-electron chi connectivity index (χ3n) is 2.82. The second-order valence-corrected chi connectivity index (χ2v) is 6.71. The molecule has 2 aromatic carbocycles. The lowest BCUT2D eigenvalue weighted by atomic mass is 10.2. The highest BCUT2D eigenvalue weighted by atomic mass is 35.5. The van der Waals surface area contributed by atoms with Crippen molar-refractivity contribution in [1.82, 2.24) is 4.72 Å². The van der Waals surface area contributed by atoms with Crippen molar-refractivity contribution in [1.29, 1.82) is 0 Å². The van der Waals surface area contributed by atoms with Crippen molar-refractivity contribution in [3.63, 3.8) is 0 Å². The Bertz CT molecular complexity index is 848. The minimum absolute atomic E-state index is 0.0801. The average molecular weight is 353 g/mol. The van der Waals surface area contributed by atoms with Crippen molar-refractivity contribution in [3.8, 4) is 0 Å². The van der Waals surface area contributed by atoms with Gasteiger partial charge in [-0.3, -0.25) is 9.59 Å². The zero-order valence-electron chi connectivity index (χ0n) is 12.0. The molecule has 0 saturated carbocycles. The molecule has 2 aromatic rings. The van der Waals surface area contributed by atoms with Gasteiger partial charge < -0.3 is 5.32 Å². The van der Waals surface area contributed by atoms with Crippen LogP contribution in [-0.4, -0.2) is 20.2 Å². The molecule has 120 valence electrons. The third-order valence-corrected chi connectivity index (χ3v) is 4.60. The first-order valence-corrected chi connectivity index (χ1v) is 8.35. The predicted molar refractivity (Wildman–Crippen MR) is 86.8 cm³/mol. The number of carbonyl (C=O) groups excluding carboxylic acids is 2. The van der Waals surface area contributed by atoms with E-state index in [0.29, 0.717) is 16.3 Å². The molecule has 0 aliphatic rings. The van der Waals surface area contributed by atoms with Crippen LogP contribution in [0.3, 0.4) is 0 Å². The molecule has 2 rings (SSSR count). The summed E-state index contributed by atoms with van der Waals surface area (Å²) >= 11 is 5.94. The number of hydrogen-bond donors (Lipinski definition) is 2. The van der Waals surface area contributed by atoms with Crippen LogP contribution in [0.5, 0.6) is 0 Å². The molecule has 23 heavy (non-hydrogen) atoms.